The fourth-order valence-electron chi connectivity index (χ4n) is 2.48. The Morgan fingerprint density at radius 1 is 1.06 bits per heavy atom. The lowest BCUT2D eigenvalue weighted by Gasteiger charge is -2.08. The number of nitro groups is 1. The van der Waals surface area contributed by atoms with E-state index in [9.17, 15) is 14.9 Å². The molecule has 2 N–H and O–H groups in total. The molecule has 1 amide bonds. The van der Waals surface area contributed by atoms with Gasteiger partial charge in [0.1, 0.15) is 16.5 Å². The number of amides is 1. The van der Waals surface area contributed by atoms with Crippen LogP contribution in [0.4, 0.5) is 11.4 Å². The van der Waals surface area contributed by atoms with Crippen LogP contribution >= 0.6 is 47.0 Å². The Morgan fingerprint density at radius 2 is 1.84 bits per heavy atom. The maximum atomic E-state index is 12.1. The lowest BCUT2D eigenvalue weighted by molar-refractivity contribution is -0.384. The number of nitro benzene ring substituents is 1. The molecule has 31 heavy (non-hydrogen) atoms. The highest BCUT2D eigenvalue weighted by molar-refractivity contribution is 7.80. The largest absolute Gasteiger partial charge is 0.457 e. The van der Waals surface area contributed by atoms with E-state index in [1.54, 1.807) is 30.3 Å². The molecule has 0 aliphatic carbocycles. The van der Waals surface area contributed by atoms with E-state index in [2.05, 4.69) is 10.6 Å². The molecule has 0 fully saturated rings. The second kappa shape index (κ2) is 9.93. The number of furan rings is 1. The van der Waals surface area contributed by atoms with E-state index >= 15 is 0 Å². The number of carbonyl (C=O) groups excluding carboxylic acids is 1. The molecule has 2 aromatic carbocycles. The van der Waals surface area contributed by atoms with Crippen LogP contribution in [0.5, 0.6) is 0 Å². The van der Waals surface area contributed by atoms with Gasteiger partial charge in [0.2, 0.25) is 5.91 Å². The molecule has 0 radical (unpaired) electrons. The summed E-state index contributed by atoms with van der Waals surface area (Å²) in [5.74, 6) is 0.412. The summed E-state index contributed by atoms with van der Waals surface area (Å²) in [6.07, 6.45) is 2.68. The molecule has 0 aliphatic heterocycles. The summed E-state index contributed by atoms with van der Waals surface area (Å²) in [5.41, 5.74) is 0.689. The first-order valence-electron chi connectivity index (χ1n) is 8.52. The molecule has 0 saturated heterocycles. The van der Waals surface area contributed by atoms with Crippen LogP contribution in [0.25, 0.3) is 17.4 Å². The Morgan fingerprint density at radius 3 is 2.55 bits per heavy atom. The number of nitrogens with one attached hydrogen (secondary N) is 2. The SMILES string of the molecule is O=C(/C=C/c1ccc(-c2ccc(Cl)cc2Cl)o1)NC(=S)Nc1ccc(Cl)c([N+](=O)[O-])c1. The van der Waals surface area contributed by atoms with E-state index in [4.69, 9.17) is 51.4 Å². The van der Waals surface area contributed by atoms with Crippen molar-refractivity contribution in [3.05, 3.63) is 85.5 Å². The predicted molar refractivity (Wildman–Crippen MR) is 126 cm³/mol. The third-order valence-corrected chi connectivity index (χ3v) is 4.93. The van der Waals surface area contributed by atoms with Gasteiger partial charge in [-0.1, -0.05) is 34.8 Å². The molecule has 0 spiro atoms. The topological polar surface area (TPSA) is 97.4 Å². The summed E-state index contributed by atoms with van der Waals surface area (Å²) >= 11 is 22.9. The Kier molecular flexibility index (Phi) is 7.29. The number of carbonyl (C=O) groups is 1. The van der Waals surface area contributed by atoms with Gasteiger partial charge in [-0.15, -0.1) is 0 Å². The van der Waals surface area contributed by atoms with Crippen molar-refractivity contribution in [3.8, 4) is 11.3 Å². The average molecular weight is 497 g/mol. The molecule has 11 heteroatoms. The average Bonchev–Trinajstić information content (AvgIpc) is 3.16. The lowest BCUT2D eigenvalue weighted by Crippen LogP contribution is -2.32. The zero-order valence-corrected chi connectivity index (χ0v) is 18.5. The van der Waals surface area contributed by atoms with Crippen molar-refractivity contribution in [2.45, 2.75) is 0 Å². The number of nitrogens with zero attached hydrogens (tertiary/aromatic N) is 1. The summed E-state index contributed by atoms with van der Waals surface area (Å²) in [6, 6.07) is 12.5. The Balaban J connectivity index is 1.61. The fourth-order valence-corrected chi connectivity index (χ4v) is 3.39. The van der Waals surface area contributed by atoms with Crippen molar-refractivity contribution >= 4 is 75.5 Å². The second-order valence-corrected chi connectivity index (χ2v) is 7.69. The smallest absolute Gasteiger partial charge is 0.289 e. The summed E-state index contributed by atoms with van der Waals surface area (Å²) in [6.45, 7) is 0. The zero-order chi connectivity index (χ0) is 22.5. The number of benzene rings is 2. The van der Waals surface area contributed by atoms with E-state index < -0.39 is 10.8 Å². The van der Waals surface area contributed by atoms with E-state index in [-0.39, 0.29) is 15.8 Å². The minimum absolute atomic E-state index is 0.00820. The van der Waals surface area contributed by atoms with Gasteiger partial charge < -0.3 is 9.73 Å². The van der Waals surface area contributed by atoms with Crippen molar-refractivity contribution in [2.24, 2.45) is 0 Å². The van der Waals surface area contributed by atoms with E-state index in [0.717, 1.165) is 0 Å². The minimum Gasteiger partial charge on any atom is -0.457 e. The standard InChI is InChI=1S/C20H12Cl3N3O4S/c21-11-1-5-14(16(23)9-11)18-7-3-13(30-18)4-8-19(27)25-20(31)24-12-2-6-15(22)17(10-12)26(28)29/h1-10H,(H2,24,25,27,31)/b8-4+. The molecular formula is C20H12Cl3N3O4S. The molecule has 158 valence electrons. The van der Waals surface area contributed by atoms with E-state index in [0.29, 0.717) is 32.8 Å². The van der Waals surface area contributed by atoms with Gasteiger partial charge in [-0.2, -0.15) is 0 Å². The molecule has 0 aliphatic rings. The predicted octanol–water partition coefficient (Wildman–Crippen LogP) is 6.34. The quantitative estimate of drug-likeness (QED) is 0.185. The second-order valence-electron chi connectivity index (χ2n) is 6.03. The molecule has 1 aromatic heterocycles. The van der Waals surface area contributed by atoms with Gasteiger partial charge in [-0.25, -0.2) is 0 Å². The van der Waals surface area contributed by atoms with Crippen molar-refractivity contribution < 1.29 is 14.1 Å². The molecule has 1 heterocycles. The zero-order valence-electron chi connectivity index (χ0n) is 15.4. The van der Waals surface area contributed by atoms with Crippen LogP contribution in [0.1, 0.15) is 5.76 Å². The summed E-state index contributed by atoms with van der Waals surface area (Å²) in [4.78, 5) is 22.4. The van der Waals surface area contributed by atoms with Crippen LogP contribution in [-0.4, -0.2) is 15.9 Å². The maximum Gasteiger partial charge on any atom is 0.289 e. The van der Waals surface area contributed by atoms with Crippen LogP contribution in [0, 0.1) is 10.1 Å². The monoisotopic (exact) mass is 495 g/mol. The van der Waals surface area contributed by atoms with Gasteiger partial charge in [0.25, 0.3) is 5.69 Å². The van der Waals surface area contributed by atoms with Gasteiger partial charge >= 0.3 is 0 Å². The normalized spacial score (nSPS) is 10.8. The molecule has 0 bridgehead atoms. The molecule has 7 nitrogen and oxygen atoms in total. The number of hydrogen-bond donors (Lipinski definition) is 2. The molecule has 3 rings (SSSR count). The fraction of sp³-hybridized carbons (Fsp3) is 0. The van der Waals surface area contributed by atoms with Crippen molar-refractivity contribution in [1.29, 1.82) is 0 Å². The Labute approximate surface area is 196 Å². The van der Waals surface area contributed by atoms with Crippen molar-refractivity contribution in [2.75, 3.05) is 5.32 Å². The van der Waals surface area contributed by atoms with Gasteiger partial charge in [0.05, 0.1) is 9.95 Å². The van der Waals surface area contributed by atoms with Gasteiger partial charge in [0.15, 0.2) is 5.11 Å². The van der Waals surface area contributed by atoms with Crippen LogP contribution in [-0.2, 0) is 4.79 Å². The van der Waals surface area contributed by atoms with Crippen LogP contribution in [0.2, 0.25) is 15.1 Å². The van der Waals surface area contributed by atoms with Gasteiger partial charge in [-0.05, 0) is 60.8 Å². The molecule has 0 saturated carbocycles. The Bertz CT molecular complexity index is 1210. The highest BCUT2D eigenvalue weighted by Gasteiger charge is 2.13. The molecule has 0 unspecified atom stereocenters. The summed E-state index contributed by atoms with van der Waals surface area (Å²) in [5, 5.41) is 17.0. The number of rotatable bonds is 5. The lowest BCUT2D eigenvalue weighted by atomic mass is 10.2. The van der Waals surface area contributed by atoms with E-state index in [1.165, 1.54) is 30.4 Å². The number of anilines is 1. The first-order valence-corrected chi connectivity index (χ1v) is 10.1. The molecule has 0 atom stereocenters. The first-order chi connectivity index (χ1) is 14.7. The van der Waals surface area contributed by atoms with Crippen molar-refractivity contribution in [3.63, 3.8) is 0 Å². The van der Waals surface area contributed by atoms with Crippen LogP contribution in [0.15, 0.2) is 59.0 Å². The maximum absolute atomic E-state index is 12.1. The number of hydrogen-bond acceptors (Lipinski definition) is 5. The van der Waals surface area contributed by atoms with E-state index in [1.807, 2.05) is 0 Å². The first kappa shape index (κ1) is 22.8. The highest BCUT2D eigenvalue weighted by atomic mass is 35.5. The third kappa shape index (κ3) is 6.05. The molecule has 3 aromatic rings. The minimum atomic E-state index is -0.618. The van der Waals surface area contributed by atoms with Gasteiger partial charge in [-0.3, -0.25) is 20.2 Å². The van der Waals surface area contributed by atoms with Crippen LogP contribution < -0.4 is 10.6 Å². The van der Waals surface area contributed by atoms with Gasteiger partial charge in [0, 0.05) is 28.4 Å². The van der Waals surface area contributed by atoms with Crippen LogP contribution in [0.3, 0.4) is 0 Å². The Hall–Kier alpha value is -2.91. The highest BCUT2D eigenvalue weighted by Crippen LogP contribution is 2.31. The third-order valence-electron chi connectivity index (χ3n) is 3.86. The summed E-state index contributed by atoms with van der Waals surface area (Å²) < 4.78 is 5.67. The molecular weight excluding hydrogens is 485 g/mol. The summed E-state index contributed by atoms with van der Waals surface area (Å²) in [7, 11) is 0. The number of halogens is 3. The van der Waals surface area contributed by atoms with Crippen molar-refractivity contribution in [1.82, 2.24) is 5.32 Å². The number of thiocarbonyl (C=S) groups is 1.